The lowest BCUT2D eigenvalue weighted by Gasteiger charge is -2.18. The van der Waals surface area contributed by atoms with Crippen LogP contribution in [0.25, 0.3) is 0 Å². The molecule has 1 unspecified atom stereocenters. The number of thiazole rings is 1. The number of nitrogens with zero attached hydrogens (tertiary/aromatic N) is 1. The minimum atomic E-state index is 0.900. The lowest BCUT2D eigenvalue weighted by molar-refractivity contribution is 0.446. The molecule has 0 spiro atoms. The van der Waals surface area contributed by atoms with Gasteiger partial charge in [-0.1, -0.05) is 13.3 Å². The molecule has 0 saturated heterocycles. The zero-order valence-corrected chi connectivity index (χ0v) is 9.78. The second kappa shape index (κ2) is 4.30. The van der Waals surface area contributed by atoms with Crippen LogP contribution in [-0.2, 0) is 12.8 Å². The molecule has 0 amide bonds. The molecule has 0 bridgehead atoms. The number of fused-ring (bicyclic) bond motifs is 1. The average Bonchev–Trinajstić information content (AvgIpc) is 2.59. The van der Waals surface area contributed by atoms with Crippen molar-refractivity contribution in [1.29, 1.82) is 0 Å². The van der Waals surface area contributed by atoms with Crippen LogP contribution in [0.3, 0.4) is 0 Å². The van der Waals surface area contributed by atoms with Crippen LogP contribution in [0.2, 0.25) is 0 Å². The summed E-state index contributed by atoms with van der Waals surface area (Å²) in [6.45, 7) is 5.39. The van der Waals surface area contributed by atoms with E-state index in [-0.39, 0.29) is 0 Å². The van der Waals surface area contributed by atoms with Crippen molar-refractivity contribution in [2.75, 3.05) is 11.9 Å². The highest BCUT2D eigenvalue weighted by molar-refractivity contribution is 7.15. The molecule has 0 saturated carbocycles. The van der Waals surface area contributed by atoms with Crippen molar-refractivity contribution in [2.45, 2.75) is 39.5 Å². The van der Waals surface area contributed by atoms with Crippen LogP contribution in [0, 0.1) is 5.92 Å². The van der Waals surface area contributed by atoms with Gasteiger partial charge in [-0.25, -0.2) is 4.98 Å². The predicted octanol–water partition coefficient (Wildman–Crippen LogP) is 3.09. The van der Waals surface area contributed by atoms with Gasteiger partial charge in [0.1, 0.15) is 0 Å². The van der Waals surface area contributed by atoms with Crippen molar-refractivity contribution in [2.24, 2.45) is 5.92 Å². The van der Waals surface area contributed by atoms with E-state index < -0.39 is 0 Å². The first kappa shape index (κ1) is 9.97. The van der Waals surface area contributed by atoms with Gasteiger partial charge in [0.05, 0.1) is 5.69 Å². The van der Waals surface area contributed by atoms with Gasteiger partial charge in [0.25, 0.3) is 0 Å². The van der Waals surface area contributed by atoms with E-state index in [2.05, 4.69) is 24.1 Å². The molecule has 1 aliphatic carbocycles. The molecule has 3 heteroatoms. The Hall–Kier alpha value is -0.570. The molecule has 1 N–H and O–H groups in total. The first-order chi connectivity index (χ1) is 6.83. The van der Waals surface area contributed by atoms with Crippen molar-refractivity contribution < 1.29 is 0 Å². The smallest absolute Gasteiger partial charge is 0.183 e. The molecule has 0 fully saturated rings. The lowest BCUT2D eigenvalue weighted by atomic mass is 9.89. The van der Waals surface area contributed by atoms with Crippen LogP contribution in [0.4, 0.5) is 5.13 Å². The minimum absolute atomic E-state index is 0.900. The third-order valence-electron chi connectivity index (χ3n) is 2.95. The second-order valence-electron chi connectivity index (χ2n) is 3.94. The molecule has 1 atom stereocenters. The topological polar surface area (TPSA) is 24.9 Å². The summed E-state index contributed by atoms with van der Waals surface area (Å²) in [5.74, 6) is 0.900. The van der Waals surface area contributed by atoms with Crippen molar-refractivity contribution in [3.05, 3.63) is 10.6 Å². The van der Waals surface area contributed by atoms with Crippen molar-refractivity contribution >= 4 is 16.5 Å². The molecular weight excluding hydrogens is 192 g/mol. The first-order valence-electron chi connectivity index (χ1n) is 5.56. The molecule has 0 aromatic carbocycles. The molecular formula is C11H18N2S. The summed E-state index contributed by atoms with van der Waals surface area (Å²) >= 11 is 1.86. The number of aryl methyl sites for hydroxylation is 1. The summed E-state index contributed by atoms with van der Waals surface area (Å²) in [5, 5.41) is 4.42. The third kappa shape index (κ3) is 1.92. The third-order valence-corrected chi connectivity index (χ3v) is 4.02. The number of rotatable bonds is 3. The maximum absolute atomic E-state index is 4.62. The van der Waals surface area contributed by atoms with Crippen LogP contribution in [0.1, 0.15) is 37.3 Å². The Bertz CT molecular complexity index is 306. The largest absolute Gasteiger partial charge is 0.362 e. The SMILES string of the molecule is CCNc1nc2c(s1)CC(CC)CC2. The highest BCUT2D eigenvalue weighted by Gasteiger charge is 2.20. The molecule has 1 aromatic heterocycles. The molecule has 2 nitrogen and oxygen atoms in total. The fraction of sp³-hybridized carbons (Fsp3) is 0.727. The van der Waals surface area contributed by atoms with Gasteiger partial charge in [0, 0.05) is 11.4 Å². The van der Waals surface area contributed by atoms with Gasteiger partial charge in [0.15, 0.2) is 5.13 Å². The zero-order chi connectivity index (χ0) is 9.97. The monoisotopic (exact) mass is 210 g/mol. The zero-order valence-electron chi connectivity index (χ0n) is 8.97. The number of hydrogen-bond acceptors (Lipinski definition) is 3. The van der Waals surface area contributed by atoms with E-state index in [1.54, 1.807) is 0 Å². The first-order valence-corrected chi connectivity index (χ1v) is 6.37. The molecule has 0 radical (unpaired) electrons. The predicted molar refractivity (Wildman–Crippen MR) is 62.1 cm³/mol. The lowest BCUT2D eigenvalue weighted by Crippen LogP contribution is -2.11. The van der Waals surface area contributed by atoms with Crippen molar-refractivity contribution in [1.82, 2.24) is 4.98 Å². The number of aromatic nitrogens is 1. The fourth-order valence-electron chi connectivity index (χ4n) is 2.02. The molecule has 1 heterocycles. The Morgan fingerprint density at radius 3 is 3.07 bits per heavy atom. The van der Waals surface area contributed by atoms with E-state index >= 15 is 0 Å². The quantitative estimate of drug-likeness (QED) is 0.829. The fourth-order valence-corrected chi connectivity index (χ4v) is 3.21. The van der Waals surface area contributed by atoms with E-state index in [4.69, 9.17) is 0 Å². The summed E-state index contributed by atoms with van der Waals surface area (Å²) in [4.78, 5) is 6.14. The van der Waals surface area contributed by atoms with E-state index in [0.29, 0.717) is 0 Å². The van der Waals surface area contributed by atoms with Gasteiger partial charge in [-0.3, -0.25) is 0 Å². The Morgan fingerprint density at radius 1 is 1.50 bits per heavy atom. The van der Waals surface area contributed by atoms with E-state index in [1.165, 1.54) is 36.3 Å². The maximum Gasteiger partial charge on any atom is 0.183 e. The Labute approximate surface area is 89.8 Å². The highest BCUT2D eigenvalue weighted by Crippen LogP contribution is 2.33. The normalized spacial score (nSPS) is 20.6. The van der Waals surface area contributed by atoms with Crippen LogP contribution >= 0.6 is 11.3 Å². The highest BCUT2D eigenvalue weighted by atomic mass is 32.1. The summed E-state index contributed by atoms with van der Waals surface area (Å²) < 4.78 is 0. The van der Waals surface area contributed by atoms with E-state index in [0.717, 1.165) is 17.6 Å². The molecule has 1 aromatic rings. The van der Waals surface area contributed by atoms with Gasteiger partial charge in [0.2, 0.25) is 0 Å². The molecule has 0 aliphatic heterocycles. The van der Waals surface area contributed by atoms with Gasteiger partial charge in [-0.15, -0.1) is 11.3 Å². The van der Waals surface area contributed by atoms with Gasteiger partial charge < -0.3 is 5.32 Å². The van der Waals surface area contributed by atoms with E-state index in [1.807, 2.05) is 11.3 Å². The summed E-state index contributed by atoms with van der Waals surface area (Å²) in [6, 6.07) is 0. The standard InChI is InChI=1S/C11H18N2S/c1-3-8-5-6-9-10(7-8)14-11(13-9)12-4-2/h8H,3-7H2,1-2H3,(H,12,13). The van der Waals surface area contributed by atoms with Crippen LogP contribution in [0.5, 0.6) is 0 Å². The summed E-state index contributed by atoms with van der Waals surface area (Å²) in [7, 11) is 0. The Kier molecular flexibility index (Phi) is 3.06. The molecule has 14 heavy (non-hydrogen) atoms. The number of hydrogen-bond donors (Lipinski definition) is 1. The molecule has 78 valence electrons. The van der Waals surface area contributed by atoms with Crippen LogP contribution < -0.4 is 5.32 Å². The summed E-state index contributed by atoms with van der Waals surface area (Å²) in [5.41, 5.74) is 1.36. The molecule has 2 rings (SSSR count). The number of nitrogens with one attached hydrogen (secondary N) is 1. The second-order valence-corrected chi connectivity index (χ2v) is 5.02. The van der Waals surface area contributed by atoms with Gasteiger partial charge in [-0.05, 0) is 32.1 Å². The van der Waals surface area contributed by atoms with Gasteiger partial charge in [-0.2, -0.15) is 0 Å². The minimum Gasteiger partial charge on any atom is -0.362 e. The van der Waals surface area contributed by atoms with Gasteiger partial charge >= 0.3 is 0 Å². The van der Waals surface area contributed by atoms with Crippen LogP contribution in [-0.4, -0.2) is 11.5 Å². The van der Waals surface area contributed by atoms with E-state index in [9.17, 15) is 0 Å². The Balaban J connectivity index is 2.12. The van der Waals surface area contributed by atoms with Crippen molar-refractivity contribution in [3.8, 4) is 0 Å². The molecule has 1 aliphatic rings. The number of anilines is 1. The van der Waals surface area contributed by atoms with Crippen molar-refractivity contribution in [3.63, 3.8) is 0 Å². The maximum atomic E-state index is 4.62. The van der Waals surface area contributed by atoms with Crippen LogP contribution in [0.15, 0.2) is 0 Å². The average molecular weight is 210 g/mol. The summed E-state index contributed by atoms with van der Waals surface area (Å²) in [6.07, 6.45) is 5.09. The Morgan fingerprint density at radius 2 is 2.36 bits per heavy atom.